The molecule has 0 atom stereocenters. The van der Waals surface area contributed by atoms with Crippen molar-refractivity contribution in [1.82, 2.24) is 4.31 Å². The van der Waals surface area contributed by atoms with E-state index in [0.29, 0.717) is 23.6 Å². The molecule has 160 valence electrons. The Morgan fingerprint density at radius 3 is 2.26 bits per heavy atom. The van der Waals surface area contributed by atoms with Crippen LogP contribution < -0.4 is 10.1 Å². The van der Waals surface area contributed by atoms with Crippen LogP contribution >= 0.6 is 0 Å². The van der Waals surface area contributed by atoms with Gasteiger partial charge in [-0.3, -0.25) is 4.79 Å². The summed E-state index contributed by atoms with van der Waals surface area (Å²) in [6.45, 7) is 4.22. The van der Waals surface area contributed by atoms with Crippen molar-refractivity contribution in [1.29, 1.82) is 0 Å². The molecule has 0 aliphatic carbocycles. The first kappa shape index (κ1) is 22.3. The van der Waals surface area contributed by atoms with Gasteiger partial charge in [-0.25, -0.2) is 8.42 Å². The van der Waals surface area contributed by atoms with Gasteiger partial charge in [-0.05, 0) is 54.1 Å². The largest absolute Gasteiger partial charge is 0.490 e. The lowest BCUT2D eigenvalue weighted by molar-refractivity contribution is 0.102. The van der Waals surface area contributed by atoms with Crippen molar-refractivity contribution in [3.63, 3.8) is 0 Å². The molecular formula is C24H24N2O4S. The predicted molar refractivity (Wildman–Crippen MR) is 122 cm³/mol. The molecule has 0 aromatic heterocycles. The fraction of sp³-hybridized carbons (Fsp3) is 0.125. The number of nitrogens with one attached hydrogen (secondary N) is 1. The van der Waals surface area contributed by atoms with Crippen LogP contribution in [-0.4, -0.2) is 32.3 Å². The smallest absolute Gasteiger partial charge is 0.255 e. The van der Waals surface area contributed by atoms with Gasteiger partial charge < -0.3 is 10.1 Å². The molecule has 0 fully saturated rings. The minimum absolute atomic E-state index is 0.200. The third kappa shape index (κ3) is 5.81. The van der Waals surface area contributed by atoms with Crippen LogP contribution in [0.1, 0.15) is 15.9 Å². The number of hydrogen-bond acceptors (Lipinski definition) is 4. The van der Waals surface area contributed by atoms with Crippen molar-refractivity contribution in [3.8, 4) is 5.75 Å². The number of sulfonamides is 1. The normalized spacial score (nSPS) is 11.2. The number of amides is 1. The molecule has 0 aliphatic heterocycles. The summed E-state index contributed by atoms with van der Waals surface area (Å²) in [5.41, 5.74) is 1.90. The Bertz CT molecular complexity index is 1130. The van der Waals surface area contributed by atoms with Gasteiger partial charge in [0.2, 0.25) is 10.0 Å². The van der Waals surface area contributed by atoms with Gasteiger partial charge in [0.1, 0.15) is 12.4 Å². The summed E-state index contributed by atoms with van der Waals surface area (Å²) in [4.78, 5) is 12.7. The number of carbonyl (C=O) groups is 1. The van der Waals surface area contributed by atoms with Crippen molar-refractivity contribution in [2.24, 2.45) is 0 Å². The summed E-state index contributed by atoms with van der Waals surface area (Å²) >= 11 is 0. The van der Waals surface area contributed by atoms with E-state index in [-0.39, 0.29) is 17.3 Å². The standard InChI is InChI=1S/C24H24N2O4S/c1-3-17-30-22-15-13-21(14-16-22)25-24(27)20-11-9-19(10-12-20)18-26(2)31(28,29)23-7-5-4-6-8-23/h3-16H,1,17-18H2,2H3,(H,25,27). The number of hydrogen-bond donors (Lipinski definition) is 1. The molecular weight excluding hydrogens is 412 g/mol. The number of carbonyl (C=O) groups excluding carboxylic acids is 1. The summed E-state index contributed by atoms with van der Waals surface area (Å²) in [6, 6.07) is 22.2. The van der Waals surface area contributed by atoms with E-state index in [1.807, 2.05) is 0 Å². The molecule has 3 rings (SSSR count). The van der Waals surface area contributed by atoms with E-state index in [4.69, 9.17) is 4.74 Å². The maximum absolute atomic E-state index is 12.6. The molecule has 3 aromatic carbocycles. The maximum atomic E-state index is 12.6. The molecule has 7 heteroatoms. The molecule has 31 heavy (non-hydrogen) atoms. The maximum Gasteiger partial charge on any atom is 0.255 e. The first-order valence-corrected chi connectivity index (χ1v) is 11.1. The SMILES string of the molecule is C=CCOc1ccc(NC(=O)c2ccc(CN(C)S(=O)(=O)c3ccccc3)cc2)cc1. The number of nitrogens with zero attached hydrogens (tertiary/aromatic N) is 1. The Labute approximate surface area is 182 Å². The highest BCUT2D eigenvalue weighted by Crippen LogP contribution is 2.18. The van der Waals surface area contributed by atoms with Crippen LogP contribution in [0, 0.1) is 0 Å². The zero-order chi connectivity index (χ0) is 22.3. The van der Waals surface area contributed by atoms with Gasteiger partial charge in [-0.2, -0.15) is 4.31 Å². The zero-order valence-electron chi connectivity index (χ0n) is 17.2. The first-order valence-electron chi connectivity index (χ1n) is 9.65. The molecule has 1 N–H and O–H groups in total. The fourth-order valence-corrected chi connectivity index (χ4v) is 4.05. The molecule has 0 spiro atoms. The molecule has 0 heterocycles. The molecule has 0 saturated heterocycles. The summed E-state index contributed by atoms with van der Waals surface area (Å²) < 4.78 is 32.0. The van der Waals surface area contributed by atoms with Crippen LogP contribution in [0.5, 0.6) is 5.75 Å². The minimum atomic E-state index is -3.58. The molecule has 0 saturated carbocycles. The molecule has 0 unspecified atom stereocenters. The van der Waals surface area contributed by atoms with Crippen LogP contribution in [0.2, 0.25) is 0 Å². The van der Waals surface area contributed by atoms with Crippen molar-refractivity contribution >= 4 is 21.6 Å². The van der Waals surface area contributed by atoms with E-state index >= 15 is 0 Å². The highest BCUT2D eigenvalue weighted by molar-refractivity contribution is 7.89. The average molecular weight is 437 g/mol. The topological polar surface area (TPSA) is 75.7 Å². The van der Waals surface area contributed by atoms with Gasteiger partial charge in [0.15, 0.2) is 0 Å². The quantitative estimate of drug-likeness (QED) is 0.507. The Balaban J connectivity index is 1.61. The lowest BCUT2D eigenvalue weighted by Gasteiger charge is -2.17. The third-order valence-corrected chi connectivity index (χ3v) is 6.37. The fourth-order valence-electron chi connectivity index (χ4n) is 2.87. The van der Waals surface area contributed by atoms with E-state index in [1.54, 1.807) is 84.9 Å². The molecule has 0 radical (unpaired) electrons. The molecule has 6 nitrogen and oxygen atoms in total. The summed E-state index contributed by atoms with van der Waals surface area (Å²) in [7, 11) is -2.04. The molecule has 0 bridgehead atoms. The number of ether oxygens (including phenoxy) is 1. The molecule has 3 aromatic rings. The lowest BCUT2D eigenvalue weighted by atomic mass is 10.1. The Morgan fingerprint density at radius 2 is 1.65 bits per heavy atom. The van der Waals surface area contributed by atoms with Crippen molar-refractivity contribution < 1.29 is 17.9 Å². The Kier molecular flexibility index (Phi) is 7.23. The van der Waals surface area contributed by atoms with Gasteiger partial charge >= 0.3 is 0 Å². The summed E-state index contributed by atoms with van der Waals surface area (Å²) in [5, 5.41) is 2.83. The molecule has 0 aliphatic rings. The van der Waals surface area contributed by atoms with Crippen LogP contribution in [0.25, 0.3) is 0 Å². The van der Waals surface area contributed by atoms with Crippen molar-refractivity contribution in [2.75, 3.05) is 19.0 Å². The van der Waals surface area contributed by atoms with Gasteiger partial charge in [-0.15, -0.1) is 0 Å². The van der Waals surface area contributed by atoms with Crippen molar-refractivity contribution in [2.45, 2.75) is 11.4 Å². The van der Waals surface area contributed by atoms with Crippen molar-refractivity contribution in [3.05, 3.63) is 103 Å². The zero-order valence-corrected chi connectivity index (χ0v) is 18.0. The highest BCUT2D eigenvalue weighted by atomic mass is 32.2. The van der Waals surface area contributed by atoms with Gasteiger partial charge in [0.25, 0.3) is 5.91 Å². The molecule has 1 amide bonds. The second-order valence-corrected chi connectivity index (χ2v) is 8.89. The second kappa shape index (κ2) is 10.1. The van der Waals surface area contributed by atoms with E-state index in [1.165, 1.54) is 11.4 Å². The predicted octanol–water partition coefficient (Wildman–Crippen LogP) is 4.32. The third-order valence-electron chi connectivity index (χ3n) is 4.55. The van der Waals surface area contributed by atoms with Gasteiger partial charge in [0, 0.05) is 24.8 Å². The van der Waals surface area contributed by atoms with Crippen LogP contribution in [-0.2, 0) is 16.6 Å². The van der Waals surface area contributed by atoms with Crippen LogP contribution in [0.4, 0.5) is 5.69 Å². The van der Waals surface area contributed by atoms with E-state index < -0.39 is 10.0 Å². The Hall–Kier alpha value is -3.42. The summed E-state index contributed by atoms with van der Waals surface area (Å²) in [5.74, 6) is 0.438. The van der Waals surface area contributed by atoms with Crippen LogP contribution in [0.3, 0.4) is 0 Å². The van der Waals surface area contributed by atoms with E-state index in [0.717, 1.165) is 5.56 Å². The second-order valence-electron chi connectivity index (χ2n) is 6.85. The van der Waals surface area contributed by atoms with Crippen LogP contribution in [0.15, 0.2) is 96.4 Å². The number of benzene rings is 3. The van der Waals surface area contributed by atoms with E-state index in [9.17, 15) is 13.2 Å². The summed E-state index contributed by atoms with van der Waals surface area (Å²) in [6.07, 6.45) is 1.66. The van der Waals surface area contributed by atoms with Gasteiger partial charge in [0.05, 0.1) is 4.90 Å². The number of rotatable bonds is 9. The average Bonchev–Trinajstić information content (AvgIpc) is 2.79. The van der Waals surface area contributed by atoms with Gasteiger partial charge in [-0.1, -0.05) is 43.0 Å². The van der Waals surface area contributed by atoms with E-state index in [2.05, 4.69) is 11.9 Å². The monoisotopic (exact) mass is 436 g/mol. The minimum Gasteiger partial charge on any atom is -0.490 e. The Morgan fingerprint density at radius 1 is 1.00 bits per heavy atom. The first-order chi connectivity index (χ1) is 14.9. The number of anilines is 1. The lowest BCUT2D eigenvalue weighted by Crippen LogP contribution is -2.26. The highest BCUT2D eigenvalue weighted by Gasteiger charge is 2.20.